The fraction of sp³-hybridized carbons (Fsp3) is 0.357. The number of amides is 4. The summed E-state index contributed by atoms with van der Waals surface area (Å²) in [6.07, 6.45) is 2.23. The van der Waals surface area contributed by atoms with Gasteiger partial charge in [0.25, 0.3) is 5.91 Å². The summed E-state index contributed by atoms with van der Waals surface area (Å²) in [7, 11) is 0. The first-order valence-electron chi connectivity index (χ1n) is 6.80. The van der Waals surface area contributed by atoms with Gasteiger partial charge in [-0.25, -0.2) is 10.3 Å². The second kappa shape index (κ2) is 9.75. The Bertz CT molecular complexity index is 519. The summed E-state index contributed by atoms with van der Waals surface area (Å²) in [4.78, 5) is 34.0. The van der Waals surface area contributed by atoms with Gasteiger partial charge in [0.1, 0.15) is 0 Å². The minimum absolute atomic E-state index is 0.234. The molecule has 0 aromatic heterocycles. The second-order valence-electron chi connectivity index (χ2n) is 4.56. The van der Waals surface area contributed by atoms with E-state index in [4.69, 9.17) is 16.8 Å². The van der Waals surface area contributed by atoms with E-state index in [0.29, 0.717) is 30.0 Å². The largest absolute Gasteiger partial charge is 0.338 e. The number of urea groups is 1. The maximum atomic E-state index is 11.7. The van der Waals surface area contributed by atoms with Gasteiger partial charge in [-0.3, -0.25) is 20.1 Å². The van der Waals surface area contributed by atoms with Crippen molar-refractivity contribution >= 4 is 29.4 Å². The molecule has 1 rings (SSSR count). The lowest BCUT2D eigenvalue weighted by molar-refractivity contribution is -0.129. The standard InChI is InChI=1S/C14H18ClN3O4/c15-11-7-5-10(6-8-11)13(20)17-14(21)16-9-3-1-2-4-12(19)18-22/h5-8,22H,1-4,9H2,(H,18,19)(H2,16,17,20,21). The van der Waals surface area contributed by atoms with Crippen molar-refractivity contribution in [2.75, 3.05) is 6.54 Å². The monoisotopic (exact) mass is 327 g/mol. The Hall–Kier alpha value is -2.12. The topological polar surface area (TPSA) is 108 Å². The van der Waals surface area contributed by atoms with E-state index in [-0.39, 0.29) is 6.42 Å². The zero-order chi connectivity index (χ0) is 16.4. The molecule has 120 valence electrons. The van der Waals surface area contributed by atoms with E-state index < -0.39 is 17.8 Å². The molecule has 0 saturated carbocycles. The Morgan fingerprint density at radius 3 is 2.36 bits per heavy atom. The van der Waals surface area contributed by atoms with Crippen LogP contribution in [0.2, 0.25) is 5.02 Å². The summed E-state index contributed by atoms with van der Waals surface area (Å²) in [5.41, 5.74) is 1.89. The summed E-state index contributed by atoms with van der Waals surface area (Å²) >= 11 is 5.71. The van der Waals surface area contributed by atoms with Crippen LogP contribution in [0.3, 0.4) is 0 Å². The number of rotatable bonds is 7. The van der Waals surface area contributed by atoms with Crippen LogP contribution in [0.25, 0.3) is 0 Å². The Morgan fingerprint density at radius 2 is 1.73 bits per heavy atom. The third-order valence-electron chi connectivity index (χ3n) is 2.82. The minimum Gasteiger partial charge on any atom is -0.338 e. The average Bonchev–Trinajstić information content (AvgIpc) is 2.50. The lowest BCUT2D eigenvalue weighted by Gasteiger charge is -2.06. The van der Waals surface area contributed by atoms with E-state index >= 15 is 0 Å². The molecule has 0 bridgehead atoms. The molecular formula is C14H18ClN3O4. The quantitative estimate of drug-likeness (QED) is 0.348. The summed E-state index contributed by atoms with van der Waals surface area (Å²) in [5.74, 6) is -0.937. The molecule has 0 atom stereocenters. The smallest absolute Gasteiger partial charge is 0.321 e. The molecule has 0 aliphatic rings. The first kappa shape index (κ1) is 17.9. The highest BCUT2D eigenvalue weighted by molar-refractivity contribution is 6.30. The molecule has 0 heterocycles. The number of halogens is 1. The Kier molecular flexibility index (Phi) is 7.95. The van der Waals surface area contributed by atoms with Gasteiger partial charge < -0.3 is 5.32 Å². The Balaban J connectivity index is 2.16. The zero-order valence-corrected chi connectivity index (χ0v) is 12.7. The van der Waals surface area contributed by atoms with E-state index in [0.717, 1.165) is 6.42 Å². The number of hydrogen-bond acceptors (Lipinski definition) is 4. The first-order chi connectivity index (χ1) is 10.5. The molecule has 0 fully saturated rings. The number of carbonyl (C=O) groups is 3. The highest BCUT2D eigenvalue weighted by Gasteiger charge is 2.09. The van der Waals surface area contributed by atoms with Crippen LogP contribution < -0.4 is 16.1 Å². The second-order valence-corrected chi connectivity index (χ2v) is 5.00. The zero-order valence-electron chi connectivity index (χ0n) is 11.9. The van der Waals surface area contributed by atoms with Crippen molar-refractivity contribution in [2.45, 2.75) is 25.7 Å². The first-order valence-corrected chi connectivity index (χ1v) is 7.18. The van der Waals surface area contributed by atoms with Gasteiger partial charge in [-0.2, -0.15) is 0 Å². The van der Waals surface area contributed by atoms with Gasteiger partial charge in [-0.1, -0.05) is 18.0 Å². The molecule has 1 aromatic rings. The third kappa shape index (κ3) is 7.05. The van der Waals surface area contributed by atoms with Crippen molar-refractivity contribution in [3.8, 4) is 0 Å². The average molecular weight is 328 g/mol. The van der Waals surface area contributed by atoms with Gasteiger partial charge >= 0.3 is 6.03 Å². The fourth-order valence-electron chi connectivity index (χ4n) is 1.67. The van der Waals surface area contributed by atoms with Crippen LogP contribution in [0.1, 0.15) is 36.0 Å². The molecule has 1 aromatic carbocycles. The van der Waals surface area contributed by atoms with Crippen molar-refractivity contribution in [1.29, 1.82) is 0 Å². The molecule has 0 unspecified atom stereocenters. The van der Waals surface area contributed by atoms with Crippen LogP contribution in [0.15, 0.2) is 24.3 Å². The lowest BCUT2D eigenvalue weighted by atomic mass is 10.2. The predicted octanol–water partition coefficient (Wildman–Crippen LogP) is 1.85. The summed E-state index contributed by atoms with van der Waals surface area (Å²) in [6.45, 7) is 0.389. The van der Waals surface area contributed by atoms with Gasteiger partial charge in [0, 0.05) is 23.6 Å². The highest BCUT2D eigenvalue weighted by atomic mass is 35.5. The highest BCUT2D eigenvalue weighted by Crippen LogP contribution is 2.09. The molecule has 0 aliphatic heterocycles. The van der Waals surface area contributed by atoms with Crippen LogP contribution in [0.4, 0.5) is 4.79 Å². The molecule has 4 N–H and O–H groups in total. The number of unbranched alkanes of at least 4 members (excludes halogenated alkanes) is 2. The van der Waals surface area contributed by atoms with Crippen LogP contribution in [0.5, 0.6) is 0 Å². The molecule has 7 nitrogen and oxygen atoms in total. The molecule has 0 aliphatic carbocycles. The van der Waals surface area contributed by atoms with Crippen LogP contribution >= 0.6 is 11.6 Å². The number of nitrogens with one attached hydrogen (secondary N) is 3. The van der Waals surface area contributed by atoms with Crippen molar-refractivity contribution in [3.05, 3.63) is 34.9 Å². The molecule has 0 spiro atoms. The number of benzene rings is 1. The molecule has 0 radical (unpaired) electrons. The van der Waals surface area contributed by atoms with Gasteiger partial charge in [0.05, 0.1) is 0 Å². The molecule has 22 heavy (non-hydrogen) atoms. The Morgan fingerprint density at radius 1 is 1.05 bits per heavy atom. The summed E-state index contributed by atoms with van der Waals surface area (Å²) in [6, 6.07) is 5.61. The maximum absolute atomic E-state index is 11.7. The van der Waals surface area contributed by atoms with E-state index in [1.807, 2.05) is 0 Å². The fourth-order valence-corrected chi connectivity index (χ4v) is 1.79. The number of hydrogen-bond donors (Lipinski definition) is 4. The van der Waals surface area contributed by atoms with Gasteiger partial charge in [-0.05, 0) is 37.1 Å². The van der Waals surface area contributed by atoms with Crippen LogP contribution in [-0.4, -0.2) is 29.6 Å². The normalized spacial score (nSPS) is 9.91. The van der Waals surface area contributed by atoms with Crippen molar-refractivity contribution < 1.29 is 19.6 Å². The van der Waals surface area contributed by atoms with E-state index in [1.165, 1.54) is 12.1 Å². The minimum atomic E-state index is -0.576. The SMILES string of the molecule is O=C(CCCCCNC(=O)NC(=O)c1ccc(Cl)cc1)NO. The lowest BCUT2D eigenvalue weighted by Crippen LogP contribution is -2.39. The predicted molar refractivity (Wildman–Crippen MR) is 80.7 cm³/mol. The van der Waals surface area contributed by atoms with E-state index in [9.17, 15) is 14.4 Å². The third-order valence-corrected chi connectivity index (χ3v) is 3.08. The molecule has 4 amide bonds. The maximum Gasteiger partial charge on any atom is 0.321 e. The Labute approximate surface area is 133 Å². The van der Waals surface area contributed by atoms with Crippen LogP contribution in [-0.2, 0) is 4.79 Å². The van der Waals surface area contributed by atoms with Crippen molar-refractivity contribution in [2.24, 2.45) is 0 Å². The van der Waals surface area contributed by atoms with Gasteiger partial charge in [0.15, 0.2) is 0 Å². The van der Waals surface area contributed by atoms with E-state index in [1.54, 1.807) is 17.6 Å². The number of hydroxylamine groups is 1. The molecular weight excluding hydrogens is 310 g/mol. The van der Waals surface area contributed by atoms with E-state index in [2.05, 4.69) is 10.6 Å². The van der Waals surface area contributed by atoms with Crippen LogP contribution in [0, 0.1) is 0 Å². The summed E-state index contributed by atoms with van der Waals surface area (Å²) in [5, 5.41) is 13.6. The van der Waals surface area contributed by atoms with Gasteiger partial charge in [0.2, 0.25) is 5.91 Å². The van der Waals surface area contributed by atoms with Crippen molar-refractivity contribution in [3.63, 3.8) is 0 Å². The molecule has 0 saturated heterocycles. The number of imide groups is 1. The molecule has 8 heteroatoms. The summed E-state index contributed by atoms with van der Waals surface area (Å²) < 4.78 is 0. The van der Waals surface area contributed by atoms with Crippen molar-refractivity contribution in [1.82, 2.24) is 16.1 Å². The van der Waals surface area contributed by atoms with Gasteiger partial charge in [-0.15, -0.1) is 0 Å². The number of carbonyl (C=O) groups excluding carboxylic acids is 3.